The number of pyridine rings is 1. The number of rotatable bonds is 5. The first kappa shape index (κ1) is 29.1. The van der Waals surface area contributed by atoms with E-state index in [1.54, 1.807) is 6.20 Å². The molecule has 0 aliphatic rings. The van der Waals surface area contributed by atoms with Crippen molar-refractivity contribution in [3.05, 3.63) is 163 Å². The van der Waals surface area contributed by atoms with Crippen molar-refractivity contribution >= 4 is 11.0 Å². The molecule has 0 N–H and O–H groups in total. The smallest absolute Gasteiger partial charge is 0.0774 e. The largest absolute Gasteiger partial charge is 0.333 e. The Morgan fingerprint density at radius 2 is 1.33 bits per heavy atom. The van der Waals surface area contributed by atoms with Crippen molar-refractivity contribution in [3.8, 4) is 39.5 Å². The molecule has 45 heavy (non-hydrogen) atoms. The molecule has 225 valence electrons. The first-order chi connectivity index (χ1) is 22.2. The first-order valence-corrected chi connectivity index (χ1v) is 14.8. The average Bonchev–Trinajstić information content (AvgIpc) is 3.49. The van der Waals surface area contributed by atoms with Gasteiger partial charge in [0, 0.05) is 34.7 Å². The summed E-state index contributed by atoms with van der Waals surface area (Å²) in [4.78, 5) is 9.22. The van der Waals surface area contributed by atoms with E-state index in [4.69, 9.17) is 7.73 Å². The molecule has 0 spiro atoms. The van der Waals surface area contributed by atoms with E-state index in [0.717, 1.165) is 50.5 Å². The van der Waals surface area contributed by atoms with E-state index in [1.165, 1.54) is 0 Å². The molecule has 4 heteroatoms. The van der Waals surface area contributed by atoms with E-state index in [-0.39, 0.29) is 20.1 Å². The van der Waals surface area contributed by atoms with Gasteiger partial charge in [-0.2, -0.15) is 0 Å². The fourth-order valence-electron chi connectivity index (χ4n) is 5.07. The Morgan fingerprint density at radius 1 is 0.689 bits per heavy atom. The van der Waals surface area contributed by atoms with Gasteiger partial charge in [-0.3, -0.25) is 4.98 Å². The molecule has 7 aromatic rings. The van der Waals surface area contributed by atoms with Crippen molar-refractivity contribution in [3.63, 3.8) is 0 Å². The van der Waals surface area contributed by atoms with Crippen LogP contribution in [0.4, 0.5) is 0 Å². The molecule has 0 amide bonds. The summed E-state index contributed by atoms with van der Waals surface area (Å²) in [6.45, 7) is 5.77. The quantitative estimate of drug-likeness (QED) is 0.164. The molecule has 1 radical (unpaired) electrons. The van der Waals surface area contributed by atoms with E-state index in [1.807, 2.05) is 142 Å². The Balaban J connectivity index is 0.000000183. The Hall–Kier alpha value is -4.63. The molecule has 2 aromatic heterocycles. The predicted octanol–water partition coefficient (Wildman–Crippen LogP) is 10.3. The molecule has 5 aromatic carbocycles. The summed E-state index contributed by atoms with van der Waals surface area (Å²) in [5.74, 6) is 0.919. The van der Waals surface area contributed by atoms with Gasteiger partial charge < -0.3 is 9.55 Å². The number of fused-ring (bicyclic) bond motifs is 1. The fourth-order valence-corrected chi connectivity index (χ4v) is 5.07. The molecular weight excluding hydrogens is 727 g/mol. The third kappa shape index (κ3) is 7.91. The average molecular weight is 764 g/mol. The van der Waals surface area contributed by atoms with E-state index in [0.29, 0.717) is 5.56 Å². The summed E-state index contributed by atoms with van der Waals surface area (Å²) in [5, 5.41) is 0. The van der Waals surface area contributed by atoms with Gasteiger partial charge in [0.15, 0.2) is 0 Å². The third-order valence-corrected chi connectivity index (χ3v) is 7.01. The monoisotopic (exact) mass is 764 g/mol. The van der Waals surface area contributed by atoms with Crippen molar-refractivity contribution in [2.75, 3.05) is 0 Å². The summed E-state index contributed by atoms with van der Waals surface area (Å²) >= 11 is 0. The van der Waals surface area contributed by atoms with Gasteiger partial charge in [0.05, 0.1) is 16.9 Å². The second-order valence-corrected chi connectivity index (χ2v) is 11.5. The van der Waals surface area contributed by atoms with Gasteiger partial charge >= 0.3 is 0 Å². The van der Waals surface area contributed by atoms with Crippen LogP contribution in [-0.4, -0.2) is 14.5 Å². The Kier molecular flexibility index (Phi) is 9.33. The summed E-state index contributed by atoms with van der Waals surface area (Å²) in [5.41, 5.74) is 8.41. The van der Waals surface area contributed by atoms with Crippen LogP contribution < -0.4 is 0 Å². The van der Waals surface area contributed by atoms with Crippen LogP contribution in [-0.2, 0) is 26.5 Å². The molecule has 0 saturated carbocycles. The van der Waals surface area contributed by atoms with Gasteiger partial charge in [0.25, 0.3) is 0 Å². The molecule has 0 saturated heterocycles. The van der Waals surface area contributed by atoms with Crippen molar-refractivity contribution in [2.45, 2.75) is 27.1 Å². The topological polar surface area (TPSA) is 30.7 Å². The number of hydrogen-bond acceptors (Lipinski definition) is 2. The maximum atomic E-state index is 8.39. The van der Waals surface area contributed by atoms with Crippen LogP contribution in [0.15, 0.2) is 146 Å². The van der Waals surface area contributed by atoms with Crippen LogP contribution in [0.2, 0.25) is 0 Å². The minimum Gasteiger partial charge on any atom is -0.333 e. The van der Waals surface area contributed by atoms with Crippen molar-refractivity contribution in [1.82, 2.24) is 14.5 Å². The van der Waals surface area contributed by atoms with E-state index in [2.05, 4.69) is 39.9 Å². The molecule has 0 bridgehead atoms. The zero-order chi connectivity index (χ0) is 32.1. The van der Waals surface area contributed by atoms with Gasteiger partial charge in [-0.15, -0.1) is 71.8 Å². The van der Waals surface area contributed by atoms with E-state index in [9.17, 15) is 0 Å². The molecule has 0 unspecified atom stereocenters. The molecule has 2 heterocycles. The van der Waals surface area contributed by atoms with Gasteiger partial charge in [0.2, 0.25) is 0 Å². The molecule has 0 atom stereocenters. The summed E-state index contributed by atoms with van der Waals surface area (Å²) in [6, 6.07) is 52.5. The standard InChI is InChI=1S/C22H22N.C19H13N2.Ir/c1-22(2,3)16-17-9-11-18(12-10-17)20-13-14-23-21(15-20)19-7-5-4-6-8-19;1-3-9-15(10-4-1)19-20-17-13-7-8-14-18(17)21(19)16-11-5-2-6-12-16;/h4-7,9-15H,16H2,1-3H3;1-9,11-14H;/q2*-1;/i16D2;;. The molecule has 7 rings (SSSR count). The second-order valence-electron chi connectivity index (χ2n) is 11.5. The maximum Gasteiger partial charge on any atom is 0.0774 e. The fraction of sp³-hybridized carbons (Fsp3) is 0.122. The number of aromatic nitrogens is 3. The number of imidazole rings is 1. The predicted molar refractivity (Wildman–Crippen MR) is 182 cm³/mol. The molecule has 0 fully saturated rings. The normalized spacial score (nSPS) is 11.9. The number of hydrogen-bond donors (Lipinski definition) is 0. The second kappa shape index (κ2) is 14.4. The summed E-state index contributed by atoms with van der Waals surface area (Å²) in [6.07, 6.45) is 0.418. The molecule has 0 aliphatic carbocycles. The van der Waals surface area contributed by atoms with Gasteiger partial charge in [-0.25, -0.2) is 0 Å². The van der Waals surface area contributed by atoms with Gasteiger partial charge in [-0.1, -0.05) is 81.4 Å². The number of para-hydroxylation sites is 3. The van der Waals surface area contributed by atoms with Crippen LogP contribution in [0.5, 0.6) is 0 Å². The number of nitrogens with zero attached hydrogens (tertiary/aromatic N) is 3. The molecule has 3 nitrogen and oxygen atoms in total. The van der Waals surface area contributed by atoms with Gasteiger partial charge in [-0.05, 0) is 64.5 Å². The van der Waals surface area contributed by atoms with Crippen LogP contribution in [0.3, 0.4) is 0 Å². The third-order valence-electron chi connectivity index (χ3n) is 7.01. The molecular formula is C41H35IrN3-2. The van der Waals surface area contributed by atoms with Crippen molar-refractivity contribution in [1.29, 1.82) is 0 Å². The van der Waals surface area contributed by atoms with E-state index < -0.39 is 11.8 Å². The van der Waals surface area contributed by atoms with Crippen molar-refractivity contribution in [2.24, 2.45) is 5.41 Å². The van der Waals surface area contributed by atoms with Crippen molar-refractivity contribution < 1.29 is 22.8 Å². The van der Waals surface area contributed by atoms with Crippen LogP contribution in [0.25, 0.3) is 50.5 Å². The summed E-state index contributed by atoms with van der Waals surface area (Å²) < 4.78 is 19.0. The number of benzene rings is 5. The molecule has 0 aliphatic heterocycles. The Morgan fingerprint density at radius 3 is 2.00 bits per heavy atom. The Bertz CT molecular complexity index is 2040. The van der Waals surface area contributed by atoms with Gasteiger partial charge in [0.1, 0.15) is 0 Å². The van der Waals surface area contributed by atoms with E-state index >= 15 is 0 Å². The minimum atomic E-state index is -1.38. The van der Waals surface area contributed by atoms with Crippen LogP contribution in [0.1, 0.15) is 29.1 Å². The summed E-state index contributed by atoms with van der Waals surface area (Å²) in [7, 11) is 0. The SMILES string of the molecule is [2H]C([2H])(c1ccc(-c2ccnc(-c3[c-]cccc3)c2)cc1)C(C)(C)C.[Ir].[c-]1ccccc1-c1nc2ccccc2n1-c1ccccc1. The first-order valence-electron chi connectivity index (χ1n) is 15.8. The zero-order valence-electron chi connectivity index (χ0n) is 27.5. The Labute approximate surface area is 282 Å². The van der Waals surface area contributed by atoms with Crippen LogP contribution >= 0.6 is 0 Å². The minimum absolute atomic E-state index is 0. The maximum absolute atomic E-state index is 8.39. The zero-order valence-corrected chi connectivity index (χ0v) is 27.9. The van der Waals surface area contributed by atoms with Crippen LogP contribution in [0, 0.1) is 17.5 Å².